The number of rotatable bonds is 3. The molecule has 1 aromatic rings. The second-order valence-corrected chi connectivity index (χ2v) is 5.60. The van der Waals surface area contributed by atoms with Crippen LogP contribution in [0.5, 0.6) is 0 Å². The lowest BCUT2D eigenvalue weighted by atomic mass is 9.93. The van der Waals surface area contributed by atoms with E-state index in [-0.39, 0.29) is 0 Å². The Morgan fingerprint density at radius 2 is 2.21 bits per heavy atom. The third-order valence-corrected chi connectivity index (χ3v) is 4.21. The quantitative estimate of drug-likeness (QED) is 0.886. The van der Waals surface area contributed by atoms with Crippen molar-refractivity contribution in [1.29, 1.82) is 0 Å². The lowest BCUT2D eigenvalue weighted by Gasteiger charge is -2.37. The zero-order valence-corrected chi connectivity index (χ0v) is 11.2. The van der Waals surface area contributed by atoms with E-state index in [1.807, 2.05) is 6.20 Å². The smallest absolute Gasteiger partial charge is 0.0818 e. The van der Waals surface area contributed by atoms with Gasteiger partial charge in [-0.1, -0.05) is 0 Å². The van der Waals surface area contributed by atoms with Crippen molar-refractivity contribution >= 4 is 0 Å². The summed E-state index contributed by atoms with van der Waals surface area (Å²) in [4.78, 5) is 10.9. The summed E-state index contributed by atoms with van der Waals surface area (Å²) in [5.74, 6) is 0. The van der Waals surface area contributed by atoms with E-state index in [9.17, 15) is 5.11 Å². The van der Waals surface area contributed by atoms with Crippen LogP contribution in [-0.2, 0) is 4.74 Å². The van der Waals surface area contributed by atoms with Crippen LogP contribution in [0.4, 0.5) is 0 Å². The fraction of sp³-hybridized carbons (Fsp3) is 0.714. The highest BCUT2D eigenvalue weighted by Gasteiger charge is 2.36. The normalized spacial score (nSPS) is 27.5. The van der Waals surface area contributed by atoms with Crippen LogP contribution in [0.1, 0.15) is 37.4 Å². The minimum atomic E-state index is -0.594. The van der Waals surface area contributed by atoms with Crippen LogP contribution < -0.4 is 0 Å². The number of hydrogen-bond donors (Lipinski definition) is 1. The number of β-amino-alcohol motifs (C(OH)–C–C–N with tert-alkyl or cyclic N) is 1. The molecule has 0 saturated carbocycles. The van der Waals surface area contributed by atoms with Crippen LogP contribution >= 0.6 is 0 Å². The number of aliphatic hydroxyl groups is 1. The Morgan fingerprint density at radius 3 is 2.95 bits per heavy atom. The van der Waals surface area contributed by atoms with E-state index < -0.39 is 5.60 Å². The van der Waals surface area contributed by atoms with Crippen molar-refractivity contribution in [3.8, 4) is 0 Å². The molecule has 0 bridgehead atoms. The third-order valence-electron chi connectivity index (χ3n) is 4.21. The molecule has 0 radical (unpaired) electrons. The highest BCUT2D eigenvalue weighted by Crippen LogP contribution is 2.33. The van der Waals surface area contributed by atoms with E-state index in [4.69, 9.17) is 4.74 Å². The van der Waals surface area contributed by atoms with Gasteiger partial charge in [-0.25, -0.2) is 0 Å². The molecule has 2 aliphatic heterocycles. The average Bonchev–Trinajstić information content (AvgIpc) is 2.88. The van der Waals surface area contributed by atoms with Crippen LogP contribution in [0.2, 0.25) is 0 Å². The van der Waals surface area contributed by atoms with E-state index in [0.29, 0.717) is 19.3 Å². The van der Waals surface area contributed by atoms with Crippen molar-refractivity contribution < 1.29 is 9.84 Å². The van der Waals surface area contributed by atoms with Crippen LogP contribution in [0.3, 0.4) is 0 Å². The summed E-state index contributed by atoms with van der Waals surface area (Å²) < 4.78 is 5.34. The summed E-state index contributed by atoms with van der Waals surface area (Å²) in [7, 11) is 0. The van der Waals surface area contributed by atoms with Crippen LogP contribution in [0.25, 0.3) is 0 Å². The van der Waals surface area contributed by atoms with Gasteiger partial charge in [0.1, 0.15) is 0 Å². The van der Waals surface area contributed by atoms with Gasteiger partial charge in [-0.15, -0.1) is 0 Å². The van der Waals surface area contributed by atoms with Crippen molar-refractivity contribution in [2.45, 2.75) is 37.3 Å². The Bertz CT molecular complexity index is 406. The molecule has 19 heavy (non-hydrogen) atoms. The minimum absolute atomic E-state index is 0.306. The maximum atomic E-state index is 10.6. The lowest BCUT2D eigenvalue weighted by Crippen LogP contribution is -2.46. The van der Waals surface area contributed by atoms with Crippen molar-refractivity contribution in [2.24, 2.45) is 0 Å². The molecule has 2 saturated heterocycles. The molecule has 2 fully saturated rings. The molecule has 5 heteroatoms. The Labute approximate surface area is 113 Å². The molecule has 1 atom stereocenters. The molecule has 104 valence electrons. The molecule has 3 heterocycles. The predicted molar refractivity (Wildman–Crippen MR) is 70.6 cm³/mol. The number of hydrogen-bond acceptors (Lipinski definition) is 5. The molecule has 0 spiro atoms. The third kappa shape index (κ3) is 2.94. The zero-order valence-electron chi connectivity index (χ0n) is 11.2. The first-order valence-corrected chi connectivity index (χ1v) is 7.07. The standard InChI is InChI=1S/C14H21N3O2/c18-14(3-8-19-9-4-14)11-17-7-1-2-13(17)12-10-15-5-6-16-12/h5-6,10,13,18H,1-4,7-9,11H2. The molecule has 0 amide bonds. The molecule has 1 unspecified atom stereocenters. The summed E-state index contributed by atoms with van der Waals surface area (Å²) in [6.07, 6.45) is 9.02. The zero-order chi connectivity index (χ0) is 13.1. The maximum absolute atomic E-state index is 10.6. The van der Waals surface area contributed by atoms with Crippen molar-refractivity contribution in [3.63, 3.8) is 0 Å². The molecule has 5 nitrogen and oxygen atoms in total. The van der Waals surface area contributed by atoms with E-state index in [2.05, 4.69) is 14.9 Å². The van der Waals surface area contributed by atoms with Gasteiger partial charge in [0.15, 0.2) is 0 Å². The molecule has 1 aromatic heterocycles. The Kier molecular flexibility index (Phi) is 3.77. The van der Waals surface area contributed by atoms with Gasteiger partial charge in [0, 0.05) is 51.2 Å². The largest absolute Gasteiger partial charge is 0.388 e. The summed E-state index contributed by atoms with van der Waals surface area (Å²) in [5.41, 5.74) is 0.430. The van der Waals surface area contributed by atoms with E-state index in [1.54, 1.807) is 12.4 Å². The van der Waals surface area contributed by atoms with Gasteiger partial charge in [0.05, 0.1) is 17.3 Å². The SMILES string of the molecule is OC1(CN2CCCC2c2cnccn2)CCOCC1. The fourth-order valence-corrected chi connectivity index (χ4v) is 3.12. The summed E-state index contributed by atoms with van der Waals surface area (Å²) in [6.45, 7) is 3.09. The van der Waals surface area contributed by atoms with E-state index >= 15 is 0 Å². The number of nitrogens with zero attached hydrogens (tertiary/aromatic N) is 3. The van der Waals surface area contributed by atoms with E-state index in [1.165, 1.54) is 0 Å². The Balaban J connectivity index is 1.69. The Hall–Kier alpha value is -1.04. The van der Waals surface area contributed by atoms with Gasteiger partial charge in [0.25, 0.3) is 0 Å². The van der Waals surface area contributed by atoms with Gasteiger partial charge < -0.3 is 9.84 Å². The molecule has 1 N–H and O–H groups in total. The van der Waals surface area contributed by atoms with Gasteiger partial charge >= 0.3 is 0 Å². The fourth-order valence-electron chi connectivity index (χ4n) is 3.12. The highest BCUT2D eigenvalue weighted by atomic mass is 16.5. The first kappa shape index (κ1) is 13.0. The van der Waals surface area contributed by atoms with Crippen molar-refractivity contribution in [1.82, 2.24) is 14.9 Å². The first-order valence-electron chi connectivity index (χ1n) is 7.07. The second kappa shape index (κ2) is 5.53. The number of ether oxygens (including phenoxy) is 1. The number of aromatic nitrogens is 2. The van der Waals surface area contributed by atoms with Gasteiger partial charge in [-0.3, -0.25) is 14.9 Å². The topological polar surface area (TPSA) is 58.5 Å². The predicted octanol–water partition coefficient (Wildman–Crippen LogP) is 1.15. The van der Waals surface area contributed by atoms with Gasteiger partial charge in [-0.2, -0.15) is 0 Å². The average molecular weight is 263 g/mol. The monoisotopic (exact) mass is 263 g/mol. The minimum Gasteiger partial charge on any atom is -0.388 e. The van der Waals surface area contributed by atoms with Gasteiger partial charge in [-0.05, 0) is 19.4 Å². The summed E-state index contributed by atoms with van der Waals surface area (Å²) >= 11 is 0. The molecule has 0 aliphatic carbocycles. The first-order chi connectivity index (χ1) is 9.27. The summed E-state index contributed by atoms with van der Waals surface area (Å²) in [5, 5.41) is 10.6. The van der Waals surface area contributed by atoms with Crippen molar-refractivity contribution in [3.05, 3.63) is 24.3 Å². The summed E-state index contributed by atoms with van der Waals surface area (Å²) in [6, 6.07) is 0.306. The molecule has 2 aliphatic rings. The van der Waals surface area contributed by atoms with Crippen LogP contribution in [0, 0.1) is 0 Å². The second-order valence-electron chi connectivity index (χ2n) is 5.60. The molecule has 0 aromatic carbocycles. The Morgan fingerprint density at radius 1 is 1.37 bits per heavy atom. The number of likely N-dealkylation sites (tertiary alicyclic amines) is 1. The van der Waals surface area contributed by atoms with Gasteiger partial charge in [0.2, 0.25) is 0 Å². The molecular formula is C14H21N3O2. The maximum Gasteiger partial charge on any atom is 0.0818 e. The highest BCUT2D eigenvalue weighted by molar-refractivity contribution is 5.06. The molecular weight excluding hydrogens is 242 g/mol. The van der Waals surface area contributed by atoms with Crippen LogP contribution in [0.15, 0.2) is 18.6 Å². The molecule has 3 rings (SSSR count). The van der Waals surface area contributed by atoms with E-state index in [0.717, 1.165) is 44.5 Å². The van der Waals surface area contributed by atoms with Crippen molar-refractivity contribution in [2.75, 3.05) is 26.3 Å². The lowest BCUT2D eigenvalue weighted by molar-refractivity contribution is -0.0817. The van der Waals surface area contributed by atoms with Crippen LogP contribution in [-0.4, -0.2) is 51.9 Å².